The molecule has 23 heavy (non-hydrogen) atoms. The number of fused-ring (bicyclic) bond motifs is 3. The van der Waals surface area contributed by atoms with Crippen molar-refractivity contribution >= 4 is 11.8 Å². The van der Waals surface area contributed by atoms with Gasteiger partial charge < -0.3 is 14.4 Å². The molecule has 2 aliphatic heterocycles. The van der Waals surface area contributed by atoms with Gasteiger partial charge in [-0.3, -0.25) is 9.59 Å². The predicted octanol–water partition coefficient (Wildman–Crippen LogP) is 1.92. The van der Waals surface area contributed by atoms with Crippen LogP contribution in [0.25, 0.3) is 0 Å². The number of likely N-dealkylation sites (tertiary alicyclic amines) is 1. The lowest BCUT2D eigenvalue weighted by Gasteiger charge is -2.38. The minimum atomic E-state index is 0.0338. The largest absolute Gasteiger partial charge is 0.339 e. The molecule has 0 radical (unpaired) electrons. The van der Waals surface area contributed by atoms with Crippen LogP contribution in [0.2, 0.25) is 0 Å². The molecule has 2 atom stereocenters. The zero-order chi connectivity index (χ0) is 16.0. The third kappa shape index (κ3) is 2.23. The first-order valence-electron chi connectivity index (χ1n) is 7.92. The lowest BCUT2D eigenvalue weighted by atomic mass is 10.0. The monoisotopic (exact) mass is 309 g/mol. The molecule has 1 saturated heterocycles. The highest BCUT2D eigenvalue weighted by atomic mass is 16.2. The van der Waals surface area contributed by atoms with Crippen LogP contribution in [0.4, 0.5) is 0 Å². The minimum absolute atomic E-state index is 0.0338. The molecule has 4 rings (SSSR count). The molecule has 0 N–H and O–H groups in total. The van der Waals surface area contributed by atoms with Crippen LogP contribution in [0.1, 0.15) is 29.0 Å². The van der Waals surface area contributed by atoms with Crippen molar-refractivity contribution < 1.29 is 9.59 Å². The summed E-state index contributed by atoms with van der Waals surface area (Å²) in [5, 5.41) is 0. The summed E-state index contributed by atoms with van der Waals surface area (Å²) >= 11 is 0. The van der Waals surface area contributed by atoms with Crippen molar-refractivity contribution in [2.75, 3.05) is 13.1 Å². The van der Waals surface area contributed by atoms with E-state index in [0.29, 0.717) is 25.3 Å². The molecule has 1 fully saturated rings. The number of amides is 2. The number of carbonyl (C=O) groups is 2. The first kappa shape index (κ1) is 14.1. The zero-order valence-corrected chi connectivity index (χ0v) is 13.1. The molecule has 1 aromatic heterocycles. The van der Waals surface area contributed by atoms with E-state index in [0.717, 1.165) is 5.56 Å². The van der Waals surface area contributed by atoms with E-state index in [1.54, 1.807) is 6.92 Å². The lowest BCUT2D eigenvalue weighted by molar-refractivity contribution is -0.128. The van der Waals surface area contributed by atoms with Gasteiger partial charge >= 0.3 is 0 Å². The summed E-state index contributed by atoms with van der Waals surface area (Å²) < 4.78 is 2.04. The highest BCUT2D eigenvalue weighted by Gasteiger charge is 2.45. The molecule has 0 bridgehead atoms. The Morgan fingerprint density at radius 2 is 1.83 bits per heavy atom. The molecule has 5 heteroatoms. The Kier molecular flexibility index (Phi) is 3.22. The number of rotatable bonds is 2. The van der Waals surface area contributed by atoms with E-state index in [4.69, 9.17) is 0 Å². The average molecular weight is 309 g/mol. The van der Waals surface area contributed by atoms with Crippen molar-refractivity contribution in [3.63, 3.8) is 0 Å². The van der Waals surface area contributed by atoms with Gasteiger partial charge in [0.2, 0.25) is 5.91 Å². The molecular formula is C18H19N3O2. The standard InChI is InChI=1S/C18H19N3O2/c1-13(22)19-11-16-17(12-19)21(10-14-6-3-2-4-7-14)18(23)15-8-5-9-20(15)16/h2-9,16-17H,10-12H2,1H3/t16-,17-/m0/s1. The first-order chi connectivity index (χ1) is 11.1. The molecule has 5 nitrogen and oxygen atoms in total. The second-order valence-electron chi connectivity index (χ2n) is 6.28. The summed E-state index contributed by atoms with van der Waals surface area (Å²) in [6, 6.07) is 14.0. The second-order valence-corrected chi connectivity index (χ2v) is 6.28. The third-order valence-electron chi connectivity index (χ3n) is 4.92. The van der Waals surface area contributed by atoms with E-state index in [-0.39, 0.29) is 23.9 Å². The SMILES string of the molecule is CC(=O)N1C[C@H]2[C@H](C1)n1cccc1C(=O)N2Cc1ccccc1. The number of hydrogen-bond acceptors (Lipinski definition) is 2. The fraction of sp³-hybridized carbons (Fsp3) is 0.333. The minimum Gasteiger partial charge on any atom is -0.339 e. The van der Waals surface area contributed by atoms with E-state index in [2.05, 4.69) is 0 Å². The third-order valence-corrected chi connectivity index (χ3v) is 4.92. The van der Waals surface area contributed by atoms with Gasteiger partial charge in [-0.15, -0.1) is 0 Å². The summed E-state index contributed by atoms with van der Waals surface area (Å²) in [5.74, 6) is 0.116. The van der Waals surface area contributed by atoms with Crippen molar-refractivity contribution in [1.29, 1.82) is 0 Å². The van der Waals surface area contributed by atoms with Crippen LogP contribution in [-0.2, 0) is 11.3 Å². The van der Waals surface area contributed by atoms with Gasteiger partial charge in [0.25, 0.3) is 5.91 Å². The van der Waals surface area contributed by atoms with Crippen LogP contribution in [0.5, 0.6) is 0 Å². The Morgan fingerprint density at radius 3 is 2.57 bits per heavy atom. The number of benzene rings is 1. The lowest BCUT2D eigenvalue weighted by Crippen LogP contribution is -2.49. The fourth-order valence-electron chi connectivity index (χ4n) is 3.74. The molecule has 0 saturated carbocycles. The van der Waals surface area contributed by atoms with Gasteiger partial charge in [0.1, 0.15) is 5.69 Å². The molecule has 3 heterocycles. The van der Waals surface area contributed by atoms with Crippen molar-refractivity contribution in [1.82, 2.24) is 14.4 Å². The summed E-state index contributed by atoms with van der Waals surface area (Å²) in [4.78, 5) is 28.5. The van der Waals surface area contributed by atoms with Gasteiger partial charge in [-0.05, 0) is 17.7 Å². The summed E-state index contributed by atoms with van der Waals surface area (Å²) in [7, 11) is 0. The van der Waals surface area contributed by atoms with Gasteiger partial charge in [-0.2, -0.15) is 0 Å². The summed E-state index contributed by atoms with van der Waals surface area (Å²) in [6.07, 6.45) is 1.95. The van der Waals surface area contributed by atoms with E-state index in [1.165, 1.54) is 0 Å². The maximum Gasteiger partial charge on any atom is 0.271 e. The summed E-state index contributed by atoms with van der Waals surface area (Å²) in [6.45, 7) is 3.45. The topological polar surface area (TPSA) is 45.6 Å². The van der Waals surface area contributed by atoms with E-state index < -0.39 is 0 Å². The maximum atomic E-state index is 12.9. The second kappa shape index (κ2) is 5.26. The highest BCUT2D eigenvalue weighted by molar-refractivity contribution is 5.94. The number of carbonyl (C=O) groups excluding carboxylic acids is 2. The zero-order valence-electron chi connectivity index (χ0n) is 13.1. The molecule has 2 aromatic rings. The molecule has 0 unspecified atom stereocenters. The van der Waals surface area contributed by atoms with Gasteiger partial charge in [-0.25, -0.2) is 0 Å². The van der Waals surface area contributed by atoms with Crippen LogP contribution in [0.3, 0.4) is 0 Å². The fourth-order valence-corrected chi connectivity index (χ4v) is 3.74. The van der Waals surface area contributed by atoms with Gasteiger partial charge in [0.15, 0.2) is 0 Å². The maximum absolute atomic E-state index is 12.9. The van der Waals surface area contributed by atoms with E-state index in [1.807, 2.05) is 63.0 Å². The van der Waals surface area contributed by atoms with Crippen molar-refractivity contribution in [3.8, 4) is 0 Å². The Labute approximate surface area is 135 Å². The molecule has 0 aliphatic carbocycles. The molecule has 2 aliphatic rings. The normalized spacial score (nSPS) is 22.9. The van der Waals surface area contributed by atoms with Crippen LogP contribution in [-0.4, -0.2) is 45.3 Å². The Bertz CT molecular complexity index is 753. The number of nitrogens with zero attached hydrogens (tertiary/aromatic N) is 3. The van der Waals surface area contributed by atoms with Crippen molar-refractivity contribution in [2.24, 2.45) is 0 Å². The van der Waals surface area contributed by atoms with Gasteiger partial charge in [-0.1, -0.05) is 30.3 Å². The predicted molar refractivity (Wildman–Crippen MR) is 85.8 cm³/mol. The molecule has 2 amide bonds. The first-order valence-corrected chi connectivity index (χ1v) is 7.92. The molecule has 1 aromatic carbocycles. The van der Waals surface area contributed by atoms with Crippen LogP contribution >= 0.6 is 0 Å². The van der Waals surface area contributed by atoms with Crippen LogP contribution < -0.4 is 0 Å². The number of hydrogen-bond donors (Lipinski definition) is 0. The van der Waals surface area contributed by atoms with Gasteiger partial charge in [0.05, 0.1) is 12.1 Å². The van der Waals surface area contributed by atoms with Crippen molar-refractivity contribution in [2.45, 2.75) is 25.6 Å². The Morgan fingerprint density at radius 1 is 1.09 bits per heavy atom. The van der Waals surface area contributed by atoms with Crippen LogP contribution in [0, 0.1) is 0 Å². The van der Waals surface area contributed by atoms with Gasteiger partial charge in [0, 0.05) is 32.8 Å². The number of aromatic nitrogens is 1. The van der Waals surface area contributed by atoms with Crippen molar-refractivity contribution in [3.05, 3.63) is 59.9 Å². The molecular weight excluding hydrogens is 290 g/mol. The summed E-state index contributed by atoms with van der Waals surface area (Å²) in [5.41, 5.74) is 1.83. The smallest absolute Gasteiger partial charge is 0.271 e. The van der Waals surface area contributed by atoms with E-state index in [9.17, 15) is 9.59 Å². The van der Waals surface area contributed by atoms with E-state index >= 15 is 0 Å². The molecule has 0 spiro atoms. The molecule has 118 valence electrons. The highest BCUT2D eigenvalue weighted by Crippen LogP contribution is 2.34. The average Bonchev–Trinajstić information content (AvgIpc) is 3.19. The Balaban J connectivity index is 1.71. The Hall–Kier alpha value is -2.56. The quantitative estimate of drug-likeness (QED) is 0.851. The van der Waals surface area contributed by atoms with Crippen LogP contribution in [0.15, 0.2) is 48.7 Å².